The Kier molecular flexibility index (Phi) is 4.36. The molecular weight excluding hydrogens is 328 g/mol. The lowest BCUT2D eigenvalue weighted by atomic mass is 9.71. The topological polar surface area (TPSA) is 41.1 Å². The number of hydrogen-bond donors (Lipinski definition) is 2. The van der Waals surface area contributed by atoms with Crippen LogP contribution in [0.15, 0.2) is 28.7 Å². The molecule has 0 bridgehead atoms. The average Bonchev–Trinajstić information content (AvgIpc) is 2.42. The van der Waals surface area contributed by atoms with Crippen molar-refractivity contribution in [3.8, 4) is 0 Å². The first kappa shape index (κ1) is 15.0. The first-order valence-corrected chi connectivity index (χ1v) is 8.70. The van der Waals surface area contributed by atoms with E-state index < -0.39 is 0 Å². The number of benzene rings is 1. The van der Waals surface area contributed by atoms with Crippen molar-refractivity contribution in [3.05, 3.63) is 34.3 Å². The highest BCUT2D eigenvalue weighted by Crippen LogP contribution is 2.42. The minimum atomic E-state index is -0.130. The van der Waals surface area contributed by atoms with Gasteiger partial charge in [0.2, 0.25) is 5.91 Å². The zero-order chi connectivity index (χ0) is 14.9. The quantitative estimate of drug-likeness (QED) is 0.877. The first-order chi connectivity index (χ1) is 10.1. The molecule has 3 nitrogen and oxygen atoms in total. The van der Waals surface area contributed by atoms with Gasteiger partial charge in [0.25, 0.3) is 0 Å². The van der Waals surface area contributed by atoms with Crippen LogP contribution < -0.4 is 10.6 Å². The number of amides is 1. The third kappa shape index (κ3) is 3.16. The van der Waals surface area contributed by atoms with Gasteiger partial charge in [0.05, 0.1) is 5.54 Å². The maximum atomic E-state index is 12.7. The van der Waals surface area contributed by atoms with Gasteiger partial charge in [-0.3, -0.25) is 4.79 Å². The number of hydrogen-bond acceptors (Lipinski definition) is 2. The second-order valence-corrected chi connectivity index (χ2v) is 7.43. The van der Waals surface area contributed by atoms with Crippen LogP contribution in [0.1, 0.15) is 44.6 Å². The summed E-state index contributed by atoms with van der Waals surface area (Å²) < 4.78 is 1.08. The summed E-state index contributed by atoms with van der Waals surface area (Å²) in [5.41, 5.74) is 1.10. The Bertz CT molecular complexity index is 527. The van der Waals surface area contributed by atoms with Crippen molar-refractivity contribution >= 4 is 21.8 Å². The monoisotopic (exact) mass is 350 g/mol. The summed E-state index contributed by atoms with van der Waals surface area (Å²) in [7, 11) is 0. The molecule has 1 aromatic carbocycles. The molecule has 0 unspecified atom stereocenters. The number of nitrogens with one attached hydrogen (secondary N) is 2. The molecule has 1 saturated heterocycles. The number of carbonyl (C=O) groups is 1. The van der Waals surface area contributed by atoms with Crippen LogP contribution >= 0.6 is 15.9 Å². The lowest BCUT2D eigenvalue weighted by molar-refractivity contribution is -0.129. The molecule has 1 heterocycles. The van der Waals surface area contributed by atoms with Crippen LogP contribution in [-0.4, -0.2) is 18.5 Å². The molecule has 0 spiro atoms. The van der Waals surface area contributed by atoms with E-state index >= 15 is 0 Å². The van der Waals surface area contributed by atoms with Crippen LogP contribution in [0, 0.1) is 5.92 Å². The molecule has 2 atom stereocenters. The predicted molar refractivity (Wildman–Crippen MR) is 88.0 cm³/mol. The van der Waals surface area contributed by atoms with Crippen molar-refractivity contribution in [1.29, 1.82) is 0 Å². The normalized spacial score (nSPS) is 27.7. The van der Waals surface area contributed by atoms with Gasteiger partial charge < -0.3 is 10.6 Å². The van der Waals surface area contributed by atoms with E-state index in [1.807, 2.05) is 6.07 Å². The van der Waals surface area contributed by atoms with Crippen molar-refractivity contribution in [2.45, 2.75) is 50.6 Å². The zero-order valence-corrected chi connectivity index (χ0v) is 14.1. The molecule has 114 valence electrons. The van der Waals surface area contributed by atoms with Crippen molar-refractivity contribution in [2.24, 2.45) is 5.92 Å². The number of carbonyl (C=O) groups excluding carboxylic acids is 1. The highest BCUT2D eigenvalue weighted by atomic mass is 79.9. The fraction of sp³-hybridized carbons (Fsp3) is 0.588. The SMILES string of the molecule is C[C@H]1C[C@@H](C(=O)NC2(c3cccc(Br)c3)CCC2)CCN1. The van der Waals surface area contributed by atoms with Gasteiger partial charge in [0, 0.05) is 16.4 Å². The molecule has 1 amide bonds. The zero-order valence-electron chi connectivity index (χ0n) is 12.5. The Morgan fingerprint density at radius 2 is 2.24 bits per heavy atom. The summed E-state index contributed by atoms with van der Waals surface area (Å²) in [5, 5.41) is 6.79. The smallest absolute Gasteiger partial charge is 0.223 e. The van der Waals surface area contributed by atoms with Crippen LogP contribution in [0.3, 0.4) is 0 Å². The average molecular weight is 351 g/mol. The fourth-order valence-corrected chi connectivity index (χ4v) is 3.91. The summed E-state index contributed by atoms with van der Waals surface area (Å²) in [4.78, 5) is 12.7. The van der Waals surface area contributed by atoms with Crippen LogP contribution in [0.25, 0.3) is 0 Å². The van der Waals surface area contributed by atoms with Crippen LogP contribution in [0.4, 0.5) is 0 Å². The van der Waals surface area contributed by atoms with E-state index in [2.05, 4.69) is 51.7 Å². The Morgan fingerprint density at radius 3 is 2.86 bits per heavy atom. The van der Waals surface area contributed by atoms with Gasteiger partial charge in [0.15, 0.2) is 0 Å². The van der Waals surface area contributed by atoms with Crippen molar-refractivity contribution < 1.29 is 4.79 Å². The molecule has 2 aliphatic rings. The highest BCUT2D eigenvalue weighted by Gasteiger charge is 2.41. The maximum Gasteiger partial charge on any atom is 0.223 e. The van der Waals surface area contributed by atoms with Crippen LogP contribution in [0.2, 0.25) is 0 Å². The first-order valence-electron chi connectivity index (χ1n) is 7.90. The van der Waals surface area contributed by atoms with Gasteiger partial charge >= 0.3 is 0 Å². The molecule has 21 heavy (non-hydrogen) atoms. The second-order valence-electron chi connectivity index (χ2n) is 6.51. The standard InChI is InChI=1S/C17H23BrN2O/c1-12-10-13(6-9-19-12)16(21)20-17(7-3-8-17)14-4-2-5-15(18)11-14/h2,4-5,11-13,19H,3,6-10H2,1H3,(H,20,21)/t12-,13-/m0/s1. The molecule has 1 aromatic rings. The van der Waals surface area contributed by atoms with Gasteiger partial charge in [-0.15, -0.1) is 0 Å². The largest absolute Gasteiger partial charge is 0.346 e. The van der Waals surface area contributed by atoms with E-state index in [1.165, 1.54) is 12.0 Å². The molecule has 0 aromatic heterocycles. The fourth-order valence-electron chi connectivity index (χ4n) is 3.51. The minimum absolute atomic E-state index is 0.130. The van der Waals surface area contributed by atoms with E-state index in [0.717, 1.165) is 36.7 Å². The molecular formula is C17H23BrN2O. The molecule has 1 aliphatic heterocycles. The van der Waals surface area contributed by atoms with E-state index in [0.29, 0.717) is 6.04 Å². The molecule has 0 radical (unpaired) electrons. The Labute approximate surface area is 135 Å². The Morgan fingerprint density at radius 1 is 1.43 bits per heavy atom. The molecule has 2 N–H and O–H groups in total. The van der Waals surface area contributed by atoms with Gasteiger partial charge in [-0.05, 0) is 63.3 Å². The summed E-state index contributed by atoms with van der Waals surface area (Å²) >= 11 is 3.54. The Balaban J connectivity index is 1.73. The van der Waals surface area contributed by atoms with E-state index in [-0.39, 0.29) is 17.4 Å². The van der Waals surface area contributed by atoms with Crippen LogP contribution in [0.5, 0.6) is 0 Å². The van der Waals surface area contributed by atoms with E-state index in [4.69, 9.17) is 0 Å². The Hall–Kier alpha value is -0.870. The van der Waals surface area contributed by atoms with Gasteiger partial charge in [-0.2, -0.15) is 0 Å². The third-order valence-corrected chi connectivity index (χ3v) is 5.43. The maximum absolute atomic E-state index is 12.7. The second kappa shape index (κ2) is 6.09. The number of rotatable bonds is 3. The molecule has 2 fully saturated rings. The lowest BCUT2D eigenvalue weighted by Crippen LogP contribution is -2.54. The summed E-state index contributed by atoms with van der Waals surface area (Å²) in [6.07, 6.45) is 5.19. The van der Waals surface area contributed by atoms with Crippen molar-refractivity contribution in [2.75, 3.05) is 6.54 Å². The van der Waals surface area contributed by atoms with Gasteiger partial charge in [-0.1, -0.05) is 28.1 Å². The van der Waals surface area contributed by atoms with Crippen LogP contribution in [-0.2, 0) is 10.3 Å². The lowest BCUT2D eigenvalue weighted by Gasteiger charge is -2.44. The number of piperidine rings is 1. The third-order valence-electron chi connectivity index (χ3n) is 4.94. The molecule has 1 aliphatic carbocycles. The highest BCUT2D eigenvalue weighted by molar-refractivity contribution is 9.10. The molecule has 1 saturated carbocycles. The predicted octanol–water partition coefficient (Wildman–Crippen LogP) is 3.33. The summed E-state index contributed by atoms with van der Waals surface area (Å²) in [5.74, 6) is 0.397. The van der Waals surface area contributed by atoms with Gasteiger partial charge in [-0.25, -0.2) is 0 Å². The van der Waals surface area contributed by atoms with Gasteiger partial charge in [0.1, 0.15) is 0 Å². The number of halogens is 1. The summed E-state index contributed by atoms with van der Waals surface area (Å²) in [6.45, 7) is 3.11. The summed E-state index contributed by atoms with van der Waals surface area (Å²) in [6, 6.07) is 8.81. The molecule has 4 heteroatoms. The van der Waals surface area contributed by atoms with Crippen molar-refractivity contribution in [1.82, 2.24) is 10.6 Å². The molecule has 3 rings (SSSR count). The minimum Gasteiger partial charge on any atom is -0.346 e. The van der Waals surface area contributed by atoms with E-state index in [9.17, 15) is 4.79 Å². The van der Waals surface area contributed by atoms with Crippen molar-refractivity contribution in [3.63, 3.8) is 0 Å². The van der Waals surface area contributed by atoms with E-state index in [1.54, 1.807) is 0 Å².